The van der Waals surface area contributed by atoms with Gasteiger partial charge in [-0.15, -0.1) is 0 Å². The van der Waals surface area contributed by atoms with E-state index in [0.29, 0.717) is 11.4 Å². The number of nitrogens with zero attached hydrogens (tertiary/aromatic N) is 2. The summed E-state index contributed by atoms with van der Waals surface area (Å²) < 4.78 is 14.7. The minimum Gasteiger partial charge on any atom is -0.397 e. The second-order valence-electron chi connectivity index (χ2n) is 3.05. The van der Waals surface area contributed by atoms with Gasteiger partial charge in [-0.25, -0.2) is 9.37 Å². The zero-order valence-electron chi connectivity index (χ0n) is 7.74. The SMILES string of the molecule is Cc1nccn1-c1cc(F)ccc1N. The number of aromatic nitrogens is 2. The minimum absolute atomic E-state index is 0.303. The molecule has 1 aromatic heterocycles. The molecule has 0 spiro atoms. The van der Waals surface area contributed by atoms with Crippen LogP contribution in [0.4, 0.5) is 10.1 Å². The number of nitrogens with two attached hydrogens (primary N) is 1. The van der Waals surface area contributed by atoms with Gasteiger partial charge in [0.1, 0.15) is 11.6 Å². The first-order chi connectivity index (χ1) is 6.68. The monoisotopic (exact) mass is 191 g/mol. The Labute approximate surface area is 81.0 Å². The van der Waals surface area contributed by atoms with Crippen LogP contribution in [0, 0.1) is 12.7 Å². The predicted octanol–water partition coefficient (Wildman–Crippen LogP) is 1.90. The molecule has 0 aliphatic rings. The number of aryl methyl sites for hydroxylation is 1. The van der Waals surface area contributed by atoms with E-state index in [1.807, 2.05) is 6.92 Å². The van der Waals surface area contributed by atoms with Crippen molar-refractivity contribution in [3.05, 3.63) is 42.2 Å². The van der Waals surface area contributed by atoms with Crippen molar-refractivity contribution >= 4 is 5.69 Å². The van der Waals surface area contributed by atoms with Crippen molar-refractivity contribution in [1.29, 1.82) is 0 Å². The summed E-state index contributed by atoms with van der Waals surface area (Å²) in [4.78, 5) is 4.05. The molecule has 14 heavy (non-hydrogen) atoms. The van der Waals surface area contributed by atoms with E-state index in [1.54, 1.807) is 23.0 Å². The molecule has 2 aromatic rings. The topological polar surface area (TPSA) is 43.8 Å². The van der Waals surface area contributed by atoms with E-state index < -0.39 is 0 Å². The Morgan fingerprint density at radius 1 is 1.43 bits per heavy atom. The molecule has 0 unspecified atom stereocenters. The summed E-state index contributed by atoms with van der Waals surface area (Å²) in [6.07, 6.45) is 3.40. The molecule has 0 radical (unpaired) electrons. The lowest BCUT2D eigenvalue weighted by Crippen LogP contribution is -2.01. The van der Waals surface area contributed by atoms with Gasteiger partial charge in [0.15, 0.2) is 0 Å². The molecular weight excluding hydrogens is 181 g/mol. The Hall–Kier alpha value is -1.84. The van der Waals surface area contributed by atoms with Gasteiger partial charge in [0, 0.05) is 12.4 Å². The van der Waals surface area contributed by atoms with Crippen LogP contribution >= 0.6 is 0 Å². The smallest absolute Gasteiger partial charge is 0.125 e. The Kier molecular flexibility index (Phi) is 1.96. The molecule has 0 aliphatic carbocycles. The van der Waals surface area contributed by atoms with Crippen LogP contribution in [0.15, 0.2) is 30.6 Å². The minimum atomic E-state index is -0.303. The third-order valence-corrected chi connectivity index (χ3v) is 2.08. The first-order valence-corrected chi connectivity index (χ1v) is 4.24. The lowest BCUT2D eigenvalue weighted by Gasteiger charge is -2.07. The fourth-order valence-corrected chi connectivity index (χ4v) is 1.36. The van der Waals surface area contributed by atoms with Crippen molar-refractivity contribution in [2.75, 3.05) is 5.73 Å². The average Bonchev–Trinajstić information content (AvgIpc) is 2.56. The Morgan fingerprint density at radius 3 is 2.86 bits per heavy atom. The molecule has 3 nitrogen and oxygen atoms in total. The van der Waals surface area contributed by atoms with E-state index in [0.717, 1.165) is 5.82 Å². The molecule has 0 fully saturated rings. The van der Waals surface area contributed by atoms with Crippen LogP contribution in [0.3, 0.4) is 0 Å². The molecule has 2 N–H and O–H groups in total. The standard InChI is InChI=1S/C10H10FN3/c1-7-13-4-5-14(7)10-6-8(11)2-3-9(10)12/h2-6H,12H2,1H3. The lowest BCUT2D eigenvalue weighted by molar-refractivity contribution is 0.626. The van der Waals surface area contributed by atoms with Gasteiger partial charge in [-0.3, -0.25) is 0 Å². The molecule has 4 heteroatoms. The van der Waals surface area contributed by atoms with Gasteiger partial charge in [0.2, 0.25) is 0 Å². The number of halogens is 1. The average molecular weight is 191 g/mol. The van der Waals surface area contributed by atoms with Crippen LogP contribution in [0.2, 0.25) is 0 Å². The Morgan fingerprint density at radius 2 is 2.21 bits per heavy atom. The summed E-state index contributed by atoms with van der Waals surface area (Å²) in [6.45, 7) is 1.84. The first-order valence-electron chi connectivity index (χ1n) is 4.24. The molecule has 0 aliphatic heterocycles. The highest BCUT2D eigenvalue weighted by atomic mass is 19.1. The molecule has 0 saturated heterocycles. The number of hydrogen-bond acceptors (Lipinski definition) is 2. The molecule has 0 amide bonds. The fraction of sp³-hybridized carbons (Fsp3) is 0.100. The molecule has 72 valence electrons. The predicted molar refractivity (Wildman–Crippen MR) is 52.7 cm³/mol. The van der Waals surface area contributed by atoms with Crippen molar-refractivity contribution in [3.63, 3.8) is 0 Å². The lowest BCUT2D eigenvalue weighted by atomic mass is 10.2. The van der Waals surface area contributed by atoms with Gasteiger partial charge in [-0.05, 0) is 25.1 Å². The van der Waals surface area contributed by atoms with Crippen molar-refractivity contribution in [2.24, 2.45) is 0 Å². The molecule has 2 rings (SSSR count). The van der Waals surface area contributed by atoms with Crippen LogP contribution < -0.4 is 5.73 Å². The molecular formula is C10H10FN3. The summed E-state index contributed by atoms with van der Waals surface area (Å²) in [6, 6.07) is 4.28. The number of imidazole rings is 1. The van der Waals surface area contributed by atoms with E-state index in [1.165, 1.54) is 12.1 Å². The zero-order chi connectivity index (χ0) is 10.1. The van der Waals surface area contributed by atoms with Crippen molar-refractivity contribution in [3.8, 4) is 5.69 Å². The Bertz CT molecular complexity index is 462. The van der Waals surface area contributed by atoms with Gasteiger partial charge >= 0.3 is 0 Å². The van der Waals surface area contributed by atoms with Gasteiger partial charge in [-0.1, -0.05) is 0 Å². The summed E-state index contributed by atoms with van der Waals surface area (Å²) in [5, 5.41) is 0. The van der Waals surface area contributed by atoms with Gasteiger partial charge < -0.3 is 10.3 Å². The van der Waals surface area contributed by atoms with E-state index in [9.17, 15) is 4.39 Å². The maximum Gasteiger partial charge on any atom is 0.125 e. The van der Waals surface area contributed by atoms with Crippen LogP contribution in [0.1, 0.15) is 5.82 Å². The molecule has 1 aromatic carbocycles. The van der Waals surface area contributed by atoms with E-state index >= 15 is 0 Å². The van der Waals surface area contributed by atoms with Gasteiger partial charge in [-0.2, -0.15) is 0 Å². The summed E-state index contributed by atoms with van der Waals surface area (Å²) in [7, 11) is 0. The maximum atomic E-state index is 13.0. The fourth-order valence-electron chi connectivity index (χ4n) is 1.36. The van der Waals surface area contributed by atoms with E-state index in [2.05, 4.69) is 4.98 Å². The third-order valence-electron chi connectivity index (χ3n) is 2.08. The normalized spacial score (nSPS) is 10.4. The number of anilines is 1. The molecule has 1 heterocycles. The number of benzene rings is 1. The zero-order valence-corrected chi connectivity index (χ0v) is 7.74. The molecule has 0 saturated carbocycles. The quantitative estimate of drug-likeness (QED) is 0.699. The summed E-state index contributed by atoms with van der Waals surface area (Å²) in [5.41, 5.74) is 6.89. The van der Waals surface area contributed by atoms with Gasteiger partial charge in [0.05, 0.1) is 11.4 Å². The maximum absolute atomic E-state index is 13.0. The number of rotatable bonds is 1. The number of nitrogen functional groups attached to an aromatic ring is 1. The molecule has 0 atom stereocenters. The molecule has 0 bridgehead atoms. The Balaban J connectivity index is 2.62. The van der Waals surface area contributed by atoms with E-state index in [4.69, 9.17) is 5.73 Å². The second-order valence-corrected chi connectivity index (χ2v) is 3.05. The second kappa shape index (κ2) is 3.14. The largest absolute Gasteiger partial charge is 0.397 e. The van der Waals surface area contributed by atoms with Crippen molar-refractivity contribution in [1.82, 2.24) is 9.55 Å². The van der Waals surface area contributed by atoms with E-state index in [-0.39, 0.29) is 5.82 Å². The highest BCUT2D eigenvalue weighted by Crippen LogP contribution is 2.19. The number of hydrogen-bond donors (Lipinski definition) is 1. The highest BCUT2D eigenvalue weighted by molar-refractivity contribution is 5.58. The first kappa shape index (κ1) is 8.74. The van der Waals surface area contributed by atoms with Crippen LogP contribution in [-0.2, 0) is 0 Å². The van der Waals surface area contributed by atoms with Gasteiger partial charge in [0.25, 0.3) is 0 Å². The highest BCUT2D eigenvalue weighted by Gasteiger charge is 2.05. The van der Waals surface area contributed by atoms with Crippen molar-refractivity contribution < 1.29 is 4.39 Å². The van der Waals surface area contributed by atoms with Crippen molar-refractivity contribution in [2.45, 2.75) is 6.92 Å². The van der Waals surface area contributed by atoms with Crippen LogP contribution in [0.25, 0.3) is 5.69 Å². The summed E-state index contributed by atoms with van der Waals surface area (Å²) in [5.74, 6) is 0.476. The summed E-state index contributed by atoms with van der Waals surface area (Å²) >= 11 is 0. The third kappa shape index (κ3) is 1.35. The van der Waals surface area contributed by atoms with Crippen LogP contribution in [0.5, 0.6) is 0 Å². The van der Waals surface area contributed by atoms with Crippen LogP contribution in [-0.4, -0.2) is 9.55 Å².